The highest BCUT2D eigenvalue weighted by Crippen LogP contribution is 2.32. The molecule has 1 atom stereocenters. The molecule has 1 fully saturated rings. The van der Waals surface area contributed by atoms with Crippen molar-refractivity contribution in [3.05, 3.63) is 28.5 Å². The van der Waals surface area contributed by atoms with Gasteiger partial charge in [0.25, 0.3) is 0 Å². The second-order valence-electron chi connectivity index (χ2n) is 6.05. The Kier molecular flexibility index (Phi) is 6.96. The summed E-state index contributed by atoms with van der Waals surface area (Å²) < 4.78 is 24.3. The first-order valence-electron chi connectivity index (χ1n) is 8.39. The van der Waals surface area contributed by atoms with Crippen LogP contribution in [0.1, 0.15) is 24.2 Å². The highest BCUT2D eigenvalue weighted by atomic mass is 35.5. The summed E-state index contributed by atoms with van der Waals surface area (Å²) in [7, 11) is 2.75. The number of anilines is 1. The van der Waals surface area contributed by atoms with E-state index >= 15 is 0 Å². The van der Waals surface area contributed by atoms with Crippen molar-refractivity contribution in [2.24, 2.45) is 0 Å². The highest BCUT2D eigenvalue weighted by Gasteiger charge is 2.41. The Morgan fingerprint density at radius 2 is 1.79 bits per heavy atom. The van der Waals surface area contributed by atoms with Gasteiger partial charge in [-0.2, -0.15) is 0 Å². The molecule has 1 aliphatic rings. The van der Waals surface area contributed by atoms with E-state index in [1.165, 1.54) is 21.0 Å². The molecule has 0 aliphatic carbocycles. The molecule has 1 aromatic rings. The Morgan fingerprint density at radius 3 is 2.31 bits per heavy atom. The van der Waals surface area contributed by atoms with Gasteiger partial charge in [0.1, 0.15) is 5.82 Å². The maximum atomic E-state index is 14.6. The van der Waals surface area contributed by atoms with Crippen molar-refractivity contribution in [3.8, 4) is 0 Å². The van der Waals surface area contributed by atoms with Crippen LogP contribution in [0, 0.1) is 5.82 Å². The Morgan fingerprint density at radius 1 is 1.24 bits per heavy atom. The molecular formula is C17H19ClFN3O6S. The van der Waals surface area contributed by atoms with E-state index in [1.54, 1.807) is 6.92 Å². The van der Waals surface area contributed by atoms with E-state index in [1.807, 2.05) is 0 Å². The molecule has 0 aromatic heterocycles. The van der Waals surface area contributed by atoms with E-state index in [-0.39, 0.29) is 17.2 Å². The largest absolute Gasteiger partial charge is 0.463 e. The number of amides is 4. The van der Waals surface area contributed by atoms with Crippen molar-refractivity contribution in [2.75, 3.05) is 25.6 Å². The molecule has 0 bridgehead atoms. The lowest BCUT2D eigenvalue weighted by Gasteiger charge is -2.41. The van der Waals surface area contributed by atoms with Gasteiger partial charge in [-0.1, -0.05) is 11.6 Å². The third-order valence-electron chi connectivity index (χ3n) is 4.08. The molecule has 12 heteroatoms. The van der Waals surface area contributed by atoms with Crippen molar-refractivity contribution in [3.63, 3.8) is 0 Å². The van der Waals surface area contributed by atoms with Gasteiger partial charge in [-0.05, 0) is 26.0 Å². The Labute approximate surface area is 176 Å². The monoisotopic (exact) mass is 447 g/mol. The molecule has 2 rings (SSSR count). The predicted octanol–water partition coefficient (Wildman–Crippen LogP) is 2.72. The van der Waals surface area contributed by atoms with Crippen molar-refractivity contribution >= 4 is 53.9 Å². The van der Waals surface area contributed by atoms with Crippen molar-refractivity contribution in [1.82, 2.24) is 9.80 Å². The van der Waals surface area contributed by atoms with E-state index in [2.05, 4.69) is 12.6 Å². The van der Waals surface area contributed by atoms with Crippen molar-refractivity contribution < 1.29 is 33.0 Å². The number of benzene rings is 1. The number of thiol groups is 1. The first kappa shape index (κ1) is 22.8. The average molecular weight is 448 g/mol. The topological polar surface area (TPSA) is 96.5 Å². The summed E-state index contributed by atoms with van der Waals surface area (Å²) in [5, 5.41) is -0.321. The SMILES string of the molecule is CCOC(=O)C(C)OC(=O)c1cc(N2C(=O)N(C)C(S)N(C)C2=O)c(F)cc1Cl. The molecule has 0 radical (unpaired) electrons. The van der Waals surface area contributed by atoms with E-state index in [0.29, 0.717) is 4.90 Å². The first-order chi connectivity index (χ1) is 13.5. The highest BCUT2D eigenvalue weighted by molar-refractivity contribution is 7.80. The van der Waals surface area contributed by atoms with Crippen LogP contribution in [-0.2, 0) is 14.3 Å². The molecule has 1 saturated heterocycles. The Hall–Kier alpha value is -2.53. The second-order valence-corrected chi connectivity index (χ2v) is 6.92. The minimum atomic E-state index is -1.24. The van der Waals surface area contributed by atoms with Crippen molar-refractivity contribution in [2.45, 2.75) is 25.4 Å². The van der Waals surface area contributed by atoms with Gasteiger partial charge >= 0.3 is 24.0 Å². The molecule has 0 N–H and O–H groups in total. The van der Waals surface area contributed by atoms with E-state index in [0.717, 1.165) is 21.9 Å². The van der Waals surface area contributed by atoms with Gasteiger partial charge in [-0.3, -0.25) is 9.80 Å². The van der Waals surface area contributed by atoms with Crippen LogP contribution >= 0.6 is 24.2 Å². The number of carbonyl (C=O) groups excluding carboxylic acids is 4. The van der Waals surface area contributed by atoms with Gasteiger partial charge in [0.05, 0.1) is 22.9 Å². The minimum absolute atomic E-state index is 0.0918. The van der Waals surface area contributed by atoms with Crippen LogP contribution in [0.3, 0.4) is 0 Å². The van der Waals surface area contributed by atoms with Crippen LogP contribution < -0.4 is 4.90 Å². The van der Waals surface area contributed by atoms with Crippen LogP contribution in [0.15, 0.2) is 12.1 Å². The molecule has 1 heterocycles. The number of ether oxygens (including phenoxy) is 2. The lowest BCUT2D eigenvalue weighted by Crippen LogP contribution is -2.62. The zero-order valence-electron chi connectivity index (χ0n) is 16.0. The summed E-state index contributed by atoms with van der Waals surface area (Å²) in [6, 6.07) is -0.0218. The van der Waals surface area contributed by atoms with E-state index < -0.39 is 47.1 Å². The van der Waals surface area contributed by atoms with E-state index in [9.17, 15) is 23.6 Å². The van der Waals surface area contributed by atoms with Crippen LogP contribution in [0.4, 0.5) is 19.7 Å². The Bertz CT molecular complexity index is 848. The molecule has 4 amide bonds. The maximum Gasteiger partial charge on any atom is 0.347 e. The number of carbonyl (C=O) groups is 4. The smallest absolute Gasteiger partial charge is 0.347 e. The number of hydrogen-bond acceptors (Lipinski definition) is 7. The molecular weight excluding hydrogens is 429 g/mol. The molecule has 1 aromatic carbocycles. The summed E-state index contributed by atoms with van der Waals surface area (Å²) >= 11 is 10.1. The van der Waals surface area contributed by atoms with Gasteiger partial charge < -0.3 is 9.47 Å². The number of rotatable bonds is 5. The van der Waals surface area contributed by atoms with E-state index in [4.69, 9.17) is 21.1 Å². The summed E-state index contributed by atoms with van der Waals surface area (Å²) in [4.78, 5) is 51.9. The van der Waals surface area contributed by atoms with Crippen LogP contribution in [0.5, 0.6) is 0 Å². The third kappa shape index (κ3) is 4.40. The number of hydrogen-bond donors (Lipinski definition) is 1. The van der Waals surface area contributed by atoms with Gasteiger partial charge in [-0.25, -0.2) is 28.5 Å². The standard InChI is InChI=1S/C17H19ClFN3O6S/c1-5-27-13(23)8(2)28-14(24)9-6-12(11(19)7-10(9)18)22-15(25)20(3)17(29)21(4)16(22)26/h6-8,17,29H,5H2,1-4H3. The third-order valence-corrected chi connectivity index (χ3v) is 5.08. The zero-order chi connectivity index (χ0) is 22.0. The van der Waals surface area contributed by atoms with Gasteiger partial charge in [0.15, 0.2) is 11.6 Å². The average Bonchev–Trinajstić information content (AvgIpc) is 2.66. The molecule has 29 heavy (non-hydrogen) atoms. The fourth-order valence-corrected chi connectivity index (χ4v) is 2.88. The number of esters is 2. The molecule has 9 nitrogen and oxygen atoms in total. The van der Waals surface area contributed by atoms with Gasteiger partial charge in [0.2, 0.25) is 0 Å². The number of urea groups is 2. The lowest BCUT2D eigenvalue weighted by molar-refractivity contribution is -0.152. The minimum Gasteiger partial charge on any atom is -0.463 e. The summed E-state index contributed by atoms with van der Waals surface area (Å²) in [5.74, 6) is -2.84. The van der Waals surface area contributed by atoms with Gasteiger partial charge in [0, 0.05) is 14.1 Å². The molecule has 158 valence electrons. The first-order valence-corrected chi connectivity index (χ1v) is 9.29. The molecule has 0 spiro atoms. The summed E-state index contributed by atoms with van der Waals surface area (Å²) in [6.07, 6.45) is -1.24. The Balaban J connectivity index is 2.41. The zero-order valence-corrected chi connectivity index (χ0v) is 17.7. The fourth-order valence-electron chi connectivity index (χ4n) is 2.46. The maximum absolute atomic E-state index is 14.6. The number of nitrogens with zero attached hydrogens (tertiary/aromatic N) is 3. The predicted molar refractivity (Wildman–Crippen MR) is 104 cm³/mol. The number of imide groups is 1. The molecule has 1 unspecified atom stereocenters. The quantitative estimate of drug-likeness (QED) is 0.550. The lowest BCUT2D eigenvalue weighted by atomic mass is 10.1. The van der Waals surface area contributed by atoms with Crippen LogP contribution in [0.25, 0.3) is 0 Å². The fraction of sp³-hybridized carbons (Fsp3) is 0.412. The number of halogens is 2. The second kappa shape index (κ2) is 8.87. The van der Waals surface area contributed by atoms with Crippen molar-refractivity contribution in [1.29, 1.82) is 0 Å². The normalized spacial score (nSPS) is 16.2. The summed E-state index contributed by atoms with van der Waals surface area (Å²) in [5.41, 5.74) is -1.69. The van der Waals surface area contributed by atoms with Crippen LogP contribution in [0.2, 0.25) is 5.02 Å². The molecule has 1 aliphatic heterocycles. The van der Waals surface area contributed by atoms with Crippen LogP contribution in [-0.4, -0.2) is 66.1 Å². The molecule has 0 saturated carbocycles. The summed E-state index contributed by atoms with van der Waals surface area (Å²) in [6.45, 7) is 2.98. The van der Waals surface area contributed by atoms with Gasteiger partial charge in [-0.15, -0.1) is 12.6 Å².